The van der Waals surface area contributed by atoms with Crippen LogP contribution in [0.1, 0.15) is 16.7 Å². The lowest BCUT2D eigenvalue weighted by molar-refractivity contribution is -0.137. The van der Waals surface area contributed by atoms with Crippen molar-refractivity contribution in [3.8, 4) is 5.69 Å². The highest BCUT2D eigenvalue weighted by Crippen LogP contribution is 2.34. The summed E-state index contributed by atoms with van der Waals surface area (Å²) in [5.74, 6) is 0. The summed E-state index contributed by atoms with van der Waals surface area (Å²) in [5.41, 5.74) is 0.0690. The molecular weight excluding hydrogens is 381 g/mol. The zero-order valence-corrected chi connectivity index (χ0v) is 15.1. The molecule has 3 aromatic rings. The molecule has 10 heteroatoms. The van der Waals surface area contributed by atoms with Gasteiger partial charge in [0.2, 0.25) is 0 Å². The van der Waals surface area contributed by atoms with Gasteiger partial charge in [0.1, 0.15) is 12.7 Å². The van der Waals surface area contributed by atoms with Gasteiger partial charge in [0.25, 0.3) is 10.0 Å². The average Bonchev–Trinajstić information content (AvgIpc) is 3.10. The molecule has 1 N–H and O–H groups in total. The van der Waals surface area contributed by atoms with Crippen LogP contribution in [0.15, 0.2) is 53.9 Å². The van der Waals surface area contributed by atoms with E-state index >= 15 is 0 Å². The summed E-state index contributed by atoms with van der Waals surface area (Å²) in [6.07, 6.45) is -2.17. The molecule has 0 amide bonds. The van der Waals surface area contributed by atoms with E-state index in [-0.39, 0.29) is 16.3 Å². The number of nitrogens with zero attached hydrogens (tertiary/aromatic N) is 3. The summed E-state index contributed by atoms with van der Waals surface area (Å²) >= 11 is 0. The number of alkyl halides is 3. The number of halogens is 3. The monoisotopic (exact) mass is 396 g/mol. The van der Waals surface area contributed by atoms with Gasteiger partial charge < -0.3 is 0 Å². The molecule has 0 aliphatic heterocycles. The van der Waals surface area contributed by atoms with Gasteiger partial charge in [0, 0.05) is 0 Å². The maximum Gasteiger partial charge on any atom is 0.416 e. The van der Waals surface area contributed by atoms with Crippen molar-refractivity contribution in [3.63, 3.8) is 0 Å². The molecule has 1 heterocycles. The molecule has 6 nitrogen and oxygen atoms in total. The van der Waals surface area contributed by atoms with Crippen LogP contribution < -0.4 is 4.72 Å². The van der Waals surface area contributed by atoms with E-state index in [2.05, 4.69) is 14.8 Å². The molecule has 0 atom stereocenters. The van der Waals surface area contributed by atoms with Gasteiger partial charge in [-0.3, -0.25) is 4.72 Å². The van der Waals surface area contributed by atoms with Crippen LogP contribution in [0.3, 0.4) is 0 Å². The van der Waals surface area contributed by atoms with Crippen molar-refractivity contribution >= 4 is 15.7 Å². The fourth-order valence-corrected chi connectivity index (χ4v) is 3.92. The number of benzene rings is 2. The molecule has 2 aromatic carbocycles. The highest BCUT2D eigenvalue weighted by atomic mass is 32.2. The Labute approximate surface area is 153 Å². The summed E-state index contributed by atoms with van der Waals surface area (Å²) in [5, 5.41) is 3.86. The lowest BCUT2D eigenvalue weighted by Gasteiger charge is -2.16. The van der Waals surface area contributed by atoms with Crippen molar-refractivity contribution in [2.24, 2.45) is 0 Å². The minimum absolute atomic E-state index is 0.00977. The first-order valence-electron chi connectivity index (χ1n) is 7.74. The van der Waals surface area contributed by atoms with E-state index in [0.717, 1.165) is 18.2 Å². The first-order chi connectivity index (χ1) is 12.6. The fraction of sp³-hybridized carbons (Fsp3) is 0.176. The van der Waals surface area contributed by atoms with E-state index < -0.39 is 21.8 Å². The summed E-state index contributed by atoms with van der Waals surface area (Å²) in [6, 6.07) is 7.57. The molecular formula is C17H15F3N4O2S. The van der Waals surface area contributed by atoms with Crippen molar-refractivity contribution < 1.29 is 21.6 Å². The standard InChI is InChI=1S/C17H15F3N4O2S/c1-11-3-4-12(2)16(7-11)27(25,26)23-14-8-13(17(18,19)20)5-6-15(14)24-10-21-9-22-24/h3-10,23H,1-2H3. The van der Waals surface area contributed by atoms with Crippen LogP contribution in [-0.4, -0.2) is 23.2 Å². The largest absolute Gasteiger partial charge is 0.416 e. The van der Waals surface area contributed by atoms with Crippen molar-refractivity contribution in [3.05, 3.63) is 65.7 Å². The van der Waals surface area contributed by atoms with Crippen LogP contribution in [0.4, 0.5) is 18.9 Å². The highest BCUT2D eigenvalue weighted by molar-refractivity contribution is 7.92. The number of aromatic nitrogens is 3. The van der Waals surface area contributed by atoms with Crippen LogP contribution >= 0.6 is 0 Å². The Kier molecular flexibility index (Phi) is 4.68. The smallest absolute Gasteiger partial charge is 0.277 e. The molecule has 0 saturated heterocycles. The second-order valence-corrected chi connectivity index (χ2v) is 7.60. The molecule has 1 aromatic heterocycles. The Morgan fingerprint density at radius 1 is 1.07 bits per heavy atom. The van der Waals surface area contributed by atoms with Crippen LogP contribution in [0, 0.1) is 13.8 Å². The van der Waals surface area contributed by atoms with Gasteiger partial charge in [-0.15, -0.1) is 0 Å². The molecule has 0 unspecified atom stereocenters. The zero-order chi connectivity index (χ0) is 19.8. The van der Waals surface area contributed by atoms with Crippen LogP contribution in [0.5, 0.6) is 0 Å². The van der Waals surface area contributed by atoms with Gasteiger partial charge in [-0.1, -0.05) is 12.1 Å². The van der Waals surface area contributed by atoms with Crippen molar-refractivity contribution in [1.82, 2.24) is 14.8 Å². The molecule has 0 bridgehead atoms. The number of nitrogens with one attached hydrogen (secondary N) is 1. The van der Waals surface area contributed by atoms with Gasteiger partial charge >= 0.3 is 6.18 Å². The van der Waals surface area contributed by atoms with Gasteiger partial charge in [-0.05, 0) is 49.2 Å². The molecule has 3 rings (SSSR count). The molecule has 0 radical (unpaired) electrons. The first kappa shape index (κ1) is 18.9. The molecule has 0 saturated carbocycles. The molecule has 142 valence electrons. The van der Waals surface area contributed by atoms with E-state index in [1.165, 1.54) is 23.4 Å². The Balaban J connectivity index is 2.13. The Bertz CT molecular complexity index is 1080. The fourth-order valence-electron chi connectivity index (χ4n) is 2.52. The first-order valence-corrected chi connectivity index (χ1v) is 9.22. The summed E-state index contributed by atoms with van der Waals surface area (Å²) < 4.78 is 68.4. The predicted octanol–water partition coefficient (Wildman–Crippen LogP) is 3.70. The predicted molar refractivity (Wildman–Crippen MR) is 93.1 cm³/mol. The van der Waals surface area contributed by atoms with E-state index in [1.807, 2.05) is 0 Å². The third-order valence-corrected chi connectivity index (χ3v) is 5.37. The minimum atomic E-state index is -4.62. The Hall–Kier alpha value is -2.88. The Morgan fingerprint density at radius 3 is 2.44 bits per heavy atom. The van der Waals surface area contributed by atoms with Crippen molar-refractivity contribution in [2.75, 3.05) is 4.72 Å². The number of hydrogen-bond donors (Lipinski definition) is 1. The zero-order valence-electron chi connectivity index (χ0n) is 14.3. The lowest BCUT2D eigenvalue weighted by atomic mass is 10.1. The van der Waals surface area contributed by atoms with E-state index in [0.29, 0.717) is 11.1 Å². The summed E-state index contributed by atoms with van der Waals surface area (Å²) in [4.78, 5) is 3.73. The molecule has 0 aliphatic carbocycles. The second-order valence-electron chi connectivity index (χ2n) is 5.94. The van der Waals surface area contributed by atoms with E-state index in [4.69, 9.17) is 0 Å². The molecule has 0 fully saturated rings. The number of rotatable bonds is 4. The molecule has 27 heavy (non-hydrogen) atoms. The van der Waals surface area contributed by atoms with Crippen molar-refractivity contribution in [1.29, 1.82) is 0 Å². The van der Waals surface area contributed by atoms with Crippen LogP contribution in [0.2, 0.25) is 0 Å². The highest BCUT2D eigenvalue weighted by Gasteiger charge is 2.32. The van der Waals surface area contributed by atoms with E-state index in [1.54, 1.807) is 26.0 Å². The SMILES string of the molecule is Cc1ccc(C)c(S(=O)(=O)Nc2cc(C(F)(F)F)ccc2-n2cncn2)c1. The summed E-state index contributed by atoms with van der Waals surface area (Å²) in [7, 11) is -4.12. The number of aryl methyl sites for hydroxylation is 2. The van der Waals surface area contributed by atoms with E-state index in [9.17, 15) is 21.6 Å². The van der Waals surface area contributed by atoms with Gasteiger partial charge in [-0.25, -0.2) is 18.1 Å². The number of sulfonamides is 1. The molecule has 0 spiro atoms. The topological polar surface area (TPSA) is 76.9 Å². The maximum atomic E-state index is 13.1. The normalized spacial score (nSPS) is 12.2. The van der Waals surface area contributed by atoms with Crippen LogP contribution in [-0.2, 0) is 16.2 Å². The quantitative estimate of drug-likeness (QED) is 0.730. The second kappa shape index (κ2) is 6.69. The minimum Gasteiger partial charge on any atom is -0.277 e. The van der Waals surface area contributed by atoms with Gasteiger partial charge in [0.05, 0.1) is 21.8 Å². The number of anilines is 1. The summed E-state index contributed by atoms with van der Waals surface area (Å²) in [6.45, 7) is 3.34. The third-order valence-electron chi connectivity index (χ3n) is 3.87. The van der Waals surface area contributed by atoms with Gasteiger partial charge in [-0.2, -0.15) is 18.3 Å². The number of hydrogen-bond acceptors (Lipinski definition) is 4. The molecule has 0 aliphatic rings. The maximum absolute atomic E-state index is 13.1. The van der Waals surface area contributed by atoms with Crippen molar-refractivity contribution in [2.45, 2.75) is 24.9 Å². The average molecular weight is 396 g/mol. The van der Waals surface area contributed by atoms with Gasteiger partial charge in [0.15, 0.2) is 0 Å². The van der Waals surface area contributed by atoms with Crippen LogP contribution in [0.25, 0.3) is 5.69 Å². The Morgan fingerprint density at radius 2 is 1.81 bits per heavy atom. The third kappa shape index (κ3) is 3.95. The lowest BCUT2D eigenvalue weighted by Crippen LogP contribution is -2.17.